The number of dihydropyridines is 2. The van der Waals surface area contributed by atoms with Gasteiger partial charge in [-0.25, -0.2) is 15.0 Å². The van der Waals surface area contributed by atoms with E-state index in [4.69, 9.17) is 15.0 Å². The molecule has 0 bridgehead atoms. The number of hydrogen-bond acceptors (Lipinski definition) is 5. The van der Waals surface area contributed by atoms with Crippen LogP contribution in [-0.2, 0) is 6.42 Å². The van der Waals surface area contributed by atoms with Gasteiger partial charge >= 0.3 is 0 Å². The van der Waals surface area contributed by atoms with E-state index in [0.717, 1.165) is 65.1 Å². The molecular weight excluding hydrogens is 759 g/mol. The molecule has 296 valence electrons. The van der Waals surface area contributed by atoms with E-state index in [1.165, 1.54) is 49.5 Å². The number of benzene rings is 6. The fourth-order valence-corrected chi connectivity index (χ4v) is 9.52. The molecule has 0 fully saturated rings. The van der Waals surface area contributed by atoms with Crippen molar-refractivity contribution in [3.63, 3.8) is 0 Å². The Morgan fingerprint density at radius 3 is 1.92 bits per heavy atom. The van der Waals surface area contributed by atoms with Crippen LogP contribution in [0.25, 0.3) is 83.8 Å². The molecule has 1 N–H and O–H groups in total. The highest BCUT2D eigenvalue weighted by atomic mass is 15.0. The monoisotopic (exact) mass is 799 g/mol. The molecule has 7 nitrogen and oxygen atoms in total. The van der Waals surface area contributed by atoms with Crippen LogP contribution in [0, 0.1) is 0 Å². The summed E-state index contributed by atoms with van der Waals surface area (Å²) in [6, 6.07) is 53.0. The summed E-state index contributed by atoms with van der Waals surface area (Å²) in [5, 5.41) is 7.01. The number of aliphatic imine (C=N–C) groups is 1. The van der Waals surface area contributed by atoms with Gasteiger partial charge in [0, 0.05) is 75.2 Å². The third kappa shape index (κ3) is 6.20. The standard InChI is InChI=1S/C55H41N7/c1-2-10-36(11-3-1)41-22-23-52-48(34-41)47-14-6-9-17-51(47)62(52)44-33-42(32-43(35-44)61-49-15-7-4-12-45(49)46-13-5-8-16-50(46)61)37-18-20-38(21-19-37)53-58-54(39-24-28-56-29-25-39)60-55(59-53)40-26-30-57-31-27-40/h1-26,28,30,32-33,35,41,56H,27,29,31,34H2. The molecule has 1 aliphatic carbocycles. The summed E-state index contributed by atoms with van der Waals surface area (Å²) in [6.45, 7) is 1.46. The number of nitrogens with one attached hydrogen (secondary N) is 1. The molecule has 7 heteroatoms. The SMILES string of the molecule is C1=CC(c2nc(C3=CC=NCC3)nc(-c3ccc(-c4cc(-n5c6c(c7ccccc75)CC(c5ccccc5)C=C6)cc(-n5c6ccccc6c6ccccc65)c4)cc3)n2)=CCN1. The lowest BCUT2D eigenvalue weighted by Gasteiger charge is -2.20. The van der Waals surface area contributed by atoms with Crippen molar-refractivity contribution in [1.82, 2.24) is 29.4 Å². The molecule has 0 saturated heterocycles. The van der Waals surface area contributed by atoms with E-state index < -0.39 is 0 Å². The van der Waals surface area contributed by atoms with Gasteiger partial charge in [0.05, 0.1) is 16.6 Å². The second-order valence-corrected chi connectivity index (χ2v) is 16.2. The fourth-order valence-electron chi connectivity index (χ4n) is 9.52. The van der Waals surface area contributed by atoms with Gasteiger partial charge in [0.2, 0.25) is 0 Å². The van der Waals surface area contributed by atoms with Crippen LogP contribution in [0.4, 0.5) is 0 Å². The van der Waals surface area contributed by atoms with Gasteiger partial charge in [-0.05, 0) is 95.9 Å². The quantitative estimate of drug-likeness (QED) is 0.174. The number of hydrogen-bond donors (Lipinski definition) is 1. The molecular formula is C55H41N7. The Hall–Kier alpha value is -7.90. The third-order valence-electron chi connectivity index (χ3n) is 12.5. The summed E-state index contributed by atoms with van der Waals surface area (Å²) in [7, 11) is 0. The largest absolute Gasteiger partial charge is 0.387 e. The average molecular weight is 800 g/mol. The minimum Gasteiger partial charge on any atom is -0.387 e. The Balaban J connectivity index is 1.03. The number of rotatable bonds is 7. The van der Waals surface area contributed by atoms with Crippen molar-refractivity contribution >= 4 is 56.1 Å². The number of allylic oxidation sites excluding steroid dienone is 4. The van der Waals surface area contributed by atoms with E-state index >= 15 is 0 Å². The van der Waals surface area contributed by atoms with Crippen LogP contribution in [-0.4, -0.2) is 43.4 Å². The van der Waals surface area contributed by atoms with Gasteiger partial charge in [0.15, 0.2) is 17.5 Å². The predicted molar refractivity (Wildman–Crippen MR) is 255 cm³/mol. The molecule has 0 radical (unpaired) electrons. The highest BCUT2D eigenvalue weighted by molar-refractivity contribution is 6.09. The Bertz CT molecular complexity index is 3320. The van der Waals surface area contributed by atoms with Crippen molar-refractivity contribution in [2.24, 2.45) is 4.99 Å². The fraction of sp³-hybridized carbons (Fsp3) is 0.0909. The van der Waals surface area contributed by atoms with Crippen molar-refractivity contribution < 1.29 is 0 Å². The maximum Gasteiger partial charge on any atom is 0.164 e. The Kier molecular flexibility index (Phi) is 8.69. The Morgan fingerprint density at radius 2 is 1.21 bits per heavy atom. The lowest BCUT2D eigenvalue weighted by atomic mass is 9.87. The summed E-state index contributed by atoms with van der Waals surface area (Å²) in [5.41, 5.74) is 14.9. The van der Waals surface area contributed by atoms with E-state index in [-0.39, 0.29) is 0 Å². The molecule has 62 heavy (non-hydrogen) atoms. The first-order chi connectivity index (χ1) is 30.7. The summed E-state index contributed by atoms with van der Waals surface area (Å²) < 4.78 is 4.90. The zero-order valence-corrected chi connectivity index (χ0v) is 34.0. The van der Waals surface area contributed by atoms with Crippen molar-refractivity contribution in [1.29, 1.82) is 0 Å². The highest BCUT2D eigenvalue weighted by Crippen LogP contribution is 2.41. The minimum atomic E-state index is 0.318. The maximum absolute atomic E-state index is 5.04. The second kappa shape index (κ2) is 15.0. The predicted octanol–water partition coefficient (Wildman–Crippen LogP) is 12.0. The molecule has 5 heterocycles. The van der Waals surface area contributed by atoms with Crippen molar-refractivity contribution in [3.05, 3.63) is 205 Å². The summed E-state index contributed by atoms with van der Waals surface area (Å²) in [6.07, 6.45) is 16.4. The van der Waals surface area contributed by atoms with Crippen molar-refractivity contribution in [3.8, 4) is 33.9 Å². The minimum absolute atomic E-state index is 0.318. The first kappa shape index (κ1) is 36.0. The summed E-state index contributed by atoms with van der Waals surface area (Å²) in [4.78, 5) is 19.4. The molecule has 12 rings (SSSR count). The van der Waals surface area contributed by atoms with Crippen molar-refractivity contribution in [2.75, 3.05) is 13.1 Å². The smallest absolute Gasteiger partial charge is 0.164 e. The first-order valence-electron chi connectivity index (χ1n) is 21.4. The van der Waals surface area contributed by atoms with Crippen LogP contribution in [0.1, 0.15) is 40.8 Å². The van der Waals surface area contributed by atoms with Gasteiger partial charge in [-0.3, -0.25) is 4.99 Å². The van der Waals surface area contributed by atoms with Gasteiger partial charge < -0.3 is 14.5 Å². The van der Waals surface area contributed by atoms with Gasteiger partial charge in [-0.1, -0.05) is 121 Å². The van der Waals surface area contributed by atoms with Crippen LogP contribution >= 0.6 is 0 Å². The molecule has 1 atom stereocenters. The van der Waals surface area contributed by atoms with Gasteiger partial charge in [-0.15, -0.1) is 0 Å². The molecule has 6 aromatic carbocycles. The third-order valence-corrected chi connectivity index (χ3v) is 12.5. The van der Waals surface area contributed by atoms with E-state index in [0.29, 0.717) is 23.4 Å². The molecule has 9 aromatic rings. The second-order valence-electron chi connectivity index (χ2n) is 16.2. The normalized spacial score (nSPS) is 15.8. The van der Waals surface area contributed by atoms with Crippen LogP contribution < -0.4 is 5.32 Å². The zero-order valence-electron chi connectivity index (χ0n) is 34.0. The number of aromatic nitrogens is 5. The molecule has 0 spiro atoms. The Morgan fingerprint density at radius 1 is 0.565 bits per heavy atom. The average Bonchev–Trinajstić information content (AvgIpc) is 3.87. The summed E-state index contributed by atoms with van der Waals surface area (Å²) in [5.74, 6) is 2.34. The number of nitrogens with zero attached hydrogens (tertiary/aromatic N) is 6. The molecule has 1 unspecified atom stereocenters. The van der Waals surface area contributed by atoms with Gasteiger partial charge in [-0.2, -0.15) is 0 Å². The van der Waals surface area contributed by atoms with Crippen LogP contribution in [0.3, 0.4) is 0 Å². The van der Waals surface area contributed by atoms with Crippen LogP contribution in [0.5, 0.6) is 0 Å². The molecule has 2 aliphatic heterocycles. The molecule has 0 amide bonds. The molecule has 3 aromatic heterocycles. The van der Waals surface area contributed by atoms with Crippen LogP contribution in [0.15, 0.2) is 181 Å². The first-order valence-corrected chi connectivity index (χ1v) is 21.4. The lowest BCUT2D eigenvalue weighted by Crippen LogP contribution is -2.11. The van der Waals surface area contributed by atoms with Gasteiger partial charge in [0.1, 0.15) is 0 Å². The van der Waals surface area contributed by atoms with Crippen molar-refractivity contribution in [2.45, 2.75) is 18.8 Å². The van der Waals surface area contributed by atoms with E-state index in [1.807, 2.05) is 24.6 Å². The highest BCUT2D eigenvalue weighted by Gasteiger charge is 2.25. The van der Waals surface area contributed by atoms with Gasteiger partial charge in [0.25, 0.3) is 0 Å². The maximum atomic E-state index is 5.04. The Labute approximate surface area is 359 Å². The topological polar surface area (TPSA) is 72.9 Å². The van der Waals surface area contributed by atoms with Crippen LogP contribution in [0.2, 0.25) is 0 Å². The van der Waals surface area contributed by atoms with E-state index in [9.17, 15) is 0 Å². The molecule has 3 aliphatic rings. The summed E-state index contributed by atoms with van der Waals surface area (Å²) >= 11 is 0. The van der Waals surface area contributed by atoms with E-state index in [2.05, 4.69) is 183 Å². The number of fused-ring (bicyclic) bond motifs is 6. The van der Waals surface area contributed by atoms with E-state index in [1.54, 1.807) is 0 Å². The lowest BCUT2D eigenvalue weighted by molar-refractivity contribution is 0.825. The number of para-hydroxylation sites is 3. The zero-order chi connectivity index (χ0) is 41.0. The molecule has 0 saturated carbocycles.